The minimum Gasteiger partial charge on any atom is -0.386 e. The standard InChI is InChI=1S/C8H9ClFNO/c1-8(2,12)5-3-7(10)11-4-6(5)9/h3-4,12H,1-2H3. The summed E-state index contributed by atoms with van der Waals surface area (Å²) in [6, 6.07) is 1.13. The monoisotopic (exact) mass is 189 g/mol. The Morgan fingerprint density at radius 1 is 1.58 bits per heavy atom. The lowest BCUT2D eigenvalue weighted by Gasteiger charge is -2.18. The van der Waals surface area contributed by atoms with Gasteiger partial charge in [0.25, 0.3) is 0 Å². The molecule has 1 aromatic heterocycles. The number of nitrogens with zero attached hydrogens (tertiary/aromatic N) is 1. The van der Waals surface area contributed by atoms with Crippen molar-refractivity contribution in [2.45, 2.75) is 19.4 Å². The number of aromatic nitrogens is 1. The van der Waals surface area contributed by atoms with Gasteiger partial charge in [-0.15, -0.1) is 0 Å². The van der Waals surface area contributed by atoms with Crippen LogP contribution < -0.4 is 0 Å². The highest BCUT2D eigenvalue weighted by atomic mass is 35.5. The Labute approximate surface area is 75.0 Å². The summed E-state index contributed by atoms with van der Waals surface area (Å²) in [6.45, 7) is 3.07. The maximum Gasteiger partial charge on any atom is 0.213 e. The van der Waals surface area contributed by atoms with Gasteiger partial charge in [0.1, 0.15) is 0 Å². The lowest BCUT2D eigenvalue weighted by Crippen LogP contribution is -2.16. The zero-order valence-corrected chi connectivity index (χ0v) is 7.56. The minimum atomic E-state index is -1.14. The van der Waals surface area contributed by atoms with Gasteiger partial charge in [0.2, 0.25) is 5.95 Å². The molecule has 0 aliphatic rings. The second-order valence-corrected chi connectivity index (χ2v) is 3.45. The highest BCUT2D eigenvalue weighted by Crippen LogP contribution is 2.26. The van der Waals surface area contributed by atoms with E-state index in [1.54, 1.807) is 0 Å². The number of halogens is 2. The van der Waals surface area contributed by atoms with E-state index in [0.717, 1.165) is 6.07 Å². The van der Waals surface area contributed by atoms with Crippen LogP contribution in [-0.2, 0) is 5.60 Å². The van der Waals surface area contributed by atoms with Crippen molar-refractivity contribution in [1.29, 1.82) is 0 Å². The van der Waals surface area contributed by atoms with Crippen LogP contribution in [0.1, 0.15) is 19.4 Å². The summed E-state index contributed by atoms with van der Waals surface area (Å²) in [5.41, 5.74) is -0.794. The molecule has 0 amide bonds. The van der Waals surface area contributed by atoms with Gasteiger partial charge in [0, 0.05) is 17.8 Å². The first kappa shape index (κ1) is 9.42. The maximum absolute atomic E-state index is 12.6. The molecule has 66 valence electrons. The number of hydrogen-bond acceptors (Lipinski definition) is 2. The average molecular weight is 190 g/mol. The van der Waals surface area contributed by atoms with Crippen LogP contribution >= 0.6 is 11.6 Å². The van der Waals surface area contributed by atoms with Crippen LogP contribution in [-0.4, -0.2) is 10.1 Å². The molecule has 0 radical (unpaired) electrons. The number of aliphatic hydroxyl groups is 1. The Hall–Kier alpha value is -0.670. The molecule has 0 unspecified atom stereocenters. The average Bonchev–Trinajstić information content (AvgIpc) is 1.92. The molecule has 0 atom stereocenters. The van der Waals surface area contributed by atoms with E-state index in [2.05, 4.69) is 4.98 Å². The van der Waals surface area contributed by atoms with E-state index in [9.17, 15) is 9.50 Å². The van der Waals surface area contributed by atoms with Gasteiger partial charge in [0.15, 0.2) is 0 Å². The van der Waals surface area contributed by atoms with Crippen molar-refractivity contribution >= 4 is 11.6 Å². The zero-order chi connectivity index (χ0) is 9.35. The highest BCUT2D eigenvalue weighted by molar-refractivity contribution is 6.31. The van der Waals surface area contributed by atoms with Gasteiger partial charge in [-0.1, -0.05) is 11.6 Å². The van der Waals surface area contributed by atoms with E-state index in [-0.39, 0.29) is 5.02 Å². The summed E-state index contributed by atoms with van der Waals surface area (Å²) in [6.07, 6.45) is 1.18. The lowest BCUT2D eigenvalue weighted by molar-refractivity contribution is 0.0782. The minimum absolute atomic E-state index is 0.268. The van der Waals surface area contributed by atoms with E-state index in [4.69, 9.17) is 11.6 Å². The Bertz CT molecular complexity index is 296. The summed E-state index contributed by atoms with van der Waals surface area (Å²) in [5, 5.41) is 9.78. The summed E-state index contributed by atoms with van der Waals surface area (Å²) >= 11 is 5.69. The molecule has 1 aromatic rings. The lowest BCUT2D eigenvalue weighted by atomic mass is 10.00. The van der Waals surface area contributed by atoms with Crippen LogP contribution in [0.3, 0.4) is 0 Å². The summed E-state index contributed by atoms with van der Waals surface area (Å²) in [7, 11) is 0. The normalized spacial score (nSPS) is 11.8. The molecule has 2 nitrogen and oxygen atoms in total. The first-order valence-electron chi connectivity index (χ1n) is 3.45. The van der Waals surface area contributed by atoms with Crippen molar-refractivity contribution in [2.75, 3.05) is 0 Å². The molecule has 0 spiro atoms. The quantitative estimate of drug-likeness (QED) is 0.687. The molecule has 0 aliphatic carbocycles. The Morgan fingerprint density at radius 3 is 2.58 bits per heavy atom. The third-order valence-electron chi connectivity index (χ3n) is 1.48. The second kappa shape index (κ2) is 2.99. The topological polar surface area (TPSA) is 33.1 Å². The Kier molecular flexibility index (Phi) is 2.35. The fraction of sp³-hybridized carbons (Fsp3) is 0.375. The van der Waals surface area contributed by atoms with Gasteiger partial charge in [-0.3, -0.25) is 0 Å². The number of rotatable bonds is 1. The van der Waals surface area contributed by atoms with Crippen molar-refractivity contribution in [3.63, 3.8) is 0 Å². The third kappa shape index (κ3) is 1.93. The van der Waals surface area contributed by atoms with Crippen LogP contribution in [0.15, 0.2) is 12.3 Å². The predicted molar refractivity (Wildman–Crippen MR) is 44.4 cm³/mol. The molecule has 0 saturated heterocycles. The number of hydrogen-bond donors (Lipinski definition) is 1. The van der Waals surface area contributed by atoms with Gasteiger partial charge in [-0.25, -0.2) is 4.98 Å². The van der Waals surface area contributed by atoms with E-state index >= 15 is 0 Å². The molecule has 0 bridgehead atoms. The van der Waals surface area contributed by atoms with Crippen molar-refractivity contribution < 1.29 is 9.50 Å². The van der Waals surface area contributed by atoms with Gasteiger partial charge in [0.05, 0.1) is 10.6 Å². The van der Waals surface area contributed by atoms with Gasteiger partial charge in [-0.2, -0.15) is 4.39 Å². The summed E-state index contributed by atoms with van der Waals surface area (Å²) in [4.78, 5) is 3.34. The third-order valence-corrected chi connectivity index (χ3v) is 1.78. The first-order valence-corrected chi connectivity index (χ1v) is 3.83. The van der Waals surface area contributed by atoms with Gasteiger partial charge >= 0.3 is 0 Å². The van der Waals surface area contributed by atoms with Crippen molar-refractivity contribution in [3.05, 3.63) is 28.8 Å². The van der Waals surface area contributed by atoms with Gasteiger partial charge in [-0.05, 0) is 13.8 Å². The maximum atomic E-state index is 12.6. The highest BCUT2D eigenvalue weighted by Gasteiger charge is 2.20. The van der Waals surface area contributed by atoms with E-state index in [0.29, 0.717) is 5.56 Å². The van der Waals surface area contributed by atoms with Crippen molar-refractivity contribution in [3.8, 4) is 0 Å². The van der Waals surface area contributed by atoms with Gasteiger partial charge < -0.3 is 5.11 Å². The summed E-state index contributed by atoms with van der Waals surface area (Å²) in [5.74, 6) is -0.642. The molecule has 0 fully saturated rings. The van der Waals surface area contributed by atoms with E-state index < -0.39 is 11.5 Å². The van der Waals surface area contributed by atoms with Crippen LogP contribution in [0, 0.1) is 5.95 Å². The van der Waals surface area contributed by atoms with Crippen LogP contribution in [0.5, 0.6) is 0 Å². The van der Waals surface area contributed by atoms with Crippen LogP contribution in [0.2, 0.25) is 5.02 Å². The SMILES string of the molecule is CC(C)(O)c1cc(F)ncc1Cl. The smallest absolute Gasteiger partial charge is 0.213 e. The van der Waals surface area contributed by atoms with E-state index in [1.165, 1.54) is 20.0 Å². The Morgan fingerprint density at radius 2 is 2.17 bits per heavy atom. The molecule has 1 N–H and O–H groups in total. The molecular weight excluding hydrogens is 181 g/mol. The number of pyridine rings is 1. The molecule has 1 rings (SSSR count). The molecule has 0 aromatic carbocycles. The van der Waals surface area contributed by atoms with Crippen LogP contribution in [0.25, 0.3) is 0 Å². The molecule has 12 heavy (non-hydrogen) atoms. The van der Waals surface area contributed by atoms with Crippen LogP contribution in [0.4, 0.5) is 4.39 Å². The van der Waals surface area contributed by atoms with E-state index in [1.807, 2.05) is 0 Å². The Balaban J connectivity index is 3.23. The molecule has 4 heteroatoms. The fourth-order valence-electron chi connectivity index (χ4n) is 0.882. The van der Waals surface area contributed by atoms with Crippen molar-refractivity contribution in [1.82, 2.24) is 4.98 Å². The second-order valence-electron chi connectivity index (χ2n) is 3.05. The zero-order valence-electron chi connectivity index (χ0n) is 6.81. The molecule has 0 saturated carbocycles. The molecular formula is C8H9ClFNO. The van der Waals surface area contributed by atoms with Crippen molar-refractivity contribution in [2.24, 2.45) is 0 Å². The molecule has 0 aliphatic heterocycles. The fourth-order valence-corrected chi connectivity index (χ4v) is 1.22. The summed E-state index contributed by atoms with van der Waals surface area (Å²) < 4.78 is 12.6. The molecule has 1 heterocycles. The largest absolute Gasteiger partial charge is 0.386 e. The first-order chi connectivity index (χ1) is 5.41. The predicted octanol–water partition coefficient (Wildman–Crippen LogP) is 2.10.